The number of carbonyl (C=O) groups is 1. The Morgan fingerprint density at radius 1 is 1.54 bits per heavy atom. The lowest BCUT2D eigenvalue weighted by molar-refractivity contribution is 0.0479. The summed E-state index contributed by atoms with van der Waals surface area (Å²) in [7, 11) is 0. The van der Waals surface area contributed by atoms with E-state index in [4.69, 9.17) is 4.74 Å². The molecule has 2 rings (SSSR count). The number of aromatic nitrogens is 1. The van der Waals surface area contributed by atoms with Gasteiger partial charge in [0, 0.05) is 18.8 Å². The van der Waals surface area contributed by atoms with E-state index in [0.29, 0.717) is 12.2 Å². The first-order valence-electron chi connectivity index (χ1n) is 4.09. The predicted molar refractivity (Wildman–Crippen MR) is 48.3 cm³/mol. The summed E-state index contributed by atoms with van der Waals surface area (Å²) in [5, 5.41) is 0. The van der Waals surface area contributed by atoms with Crippen LogP contribution >= 0.6 is 0 Å². The van der Waals surface area contributed by atoms with Crippen LogP contribution in [-0.2, 0) is 11.2 Å². The van der Waals surface area contributed by atoms with E-state index in [1.54, 1.807) is 18.5 Å². The third-order valence-electron chi connectivity index (χ3n) is 2.12. The Balaban J connectivity index is 2.60. The Kier molecular flexibility index (Phi) is 1.85. The Labute approximate surface area is 76.1 Å². The van der Waals surface area contributed by atoms with Crippen molar-refractivity contribution in [2.45, 2.75) is 6.42 Å². The van der Waals surface area contributed by atoms with E-state index in [1.807, 2.05) is 0 Å². The van der Waals surface area contributed by atoms with Crippen LogP contribution in [0.3, 0.4) is 0 Å². The van der Waals surface area contributed by atoms with Gasteiger partial charge in [-0.3, -0.25) is 4.98 Å². The second-order valence-corrected chi connectivity index (χ2v) is 2.84. The minimum absolute atomic E-state index is 0.280. The van der Waals surface area contributed by atoms with Gasteiger partial charge in [-0.15, -0.1) is 0 Å². The lowest BCUT2D eigenvalue weighted by Crippen LogP contribution is -2.18. The highest BCUT2D eigenvalue weighted by atomic mass is 16.5. The Morgan fingerprint density at radius 2 is 2.38 bits per heavy atom. The van der Waals surface area contributed by atoms with Crippen molar-refractivity contribution in [2.75, 3.05) is 6.61 Å². The van der Waals surface area contributed by atoms with Crippen LogP contribution in [0.25, 0.3) is 6.08 Å². The fourth-order valence-electron chi connectivity index (χ4n) is 1.46. The molecule has 0 saturated heterocycles. The van der Waals surface area contributed by atoms with Crippen molar-refractivity contribution in [3.05, 3.63) is 35.7 Å². The van der Waals surface area contributed by atoms with Crippen molar-refractivity contribution in [2.24, 2.45) is 0 Å². The number of pyridine rings is 1. The number of nitrogens with zero attached hydrogens (tertiary/aromatic N) is 1. The zero-order chi connectivity index (χ0) is 9.26. The minimum atomic E-state index is -0.280. The molecule has 0 spiro atoms. The van der Waals surface area contributed by atoms with E-state index in [-0.39, 0.29) is 5.97 Å². The van der Waals surface area contributed by atoms with Crippen molar-refractivity contribution in [1.82, 2.24) is 4.98 Å². The first-order chi connectivity index (χ1) is 6.33. The molecule has 0 unspecified atom stereocenters. The van der Waals surface area contributed by atoms with Crippen LogP contribution < -0.4 is 0 Å². The normalized spacial score (nSPS) is 14.6. The maximum absolute atomic E-state index is 11.3. The van der Waals surface area contributed by atoms with Crippen LogP contribution in [-0.4, -0.2) is 17.6 Å². The first-order valence-corrected chi connectivity index (χ1v) is 4.09. The van der Waals surface area contributed by atoms with Crippen molar-refractivity contribution < 1.29 is 9.53 Å². The fraction of sp³-hybridized carbons (Fsp3) is 0.200. The number of carbonyl (C=O) groups excluding carboxylic acids is 1. The van der Waals surface area contributed by atoms with Crippen LogP contribution in [0.5, 0.6) is 0 Å². The highest BCUT2D eigenvalue weighted by Crippen LogP contribution is 2.20. The molecule has 0 saturated carbocycles. The zero-order valence-electron chi connectivity index (χ0n) is 7.12. The molecule has 0 N–H and O–H groups in total. The van der Waals surface area contributed by atoms with E-state index in [9.17, 15) is 4.79 Å². The van der Waals surface area contributed by atoms with Gasteiger partial charge in [0.15, 0.2) is 0 Å². The summed E-state index contributed by atoms with van der Waals surface area (Å²) in [6.45, 7) is 4.13. The molecule has 0 bridgehead atoms. The third-order valence-corrected chi connectivity index (χ3v) is 2.12. The van der Waals surface area contributed by atoms with E-state index >= 15 is 0 Å². The lowest BCUT2D eigenvalue weighted by atomic mass is 10.00. The predicted octanol–water partition coefficient (Wildman–Crippen LogP) is 1.44. The molecule has 13 heavy (non-hydrogen) atoms. The van der Waals surface area contributed by atoms with E-state index in [0.717, 1.165) is 17.5 Å². The maximum atomic E-state index is 11.3. The highest BCUT2D eigenvalue weighted by molar-refractivity contribution is 5.92. The second-order valence-electron chi connectivity index (χ2n) is 2.84. The average Bonchev–Trinajstić information content (AvgIpc) is 2.18. The number of fused-ring (bicyclic) bond motifs is 1. The monoisotopic (exact) mass is 175 g/mol. The molecular formula is C10H9NO2. The molecule has 1 aliphatic heterocycles. The van der Waals surface area contributed by atoms with Crippen molar-refractivity contribution in [1.29, 1.82) is 0 Å². The SMILES string of the molecule is C=Cc1cncc2c1CCOC2=O. The van der Waals surface area contributed by atoms with Gasteiger partial charge in [-0.05, 0) is 11.1 Å². The van der Waals surface area contributed by atoms with Crippen molar-refractivity contribution in [3.63, 3.8) is 0 Å². The molecule has 0 atom stereocenters. The van der Waals surface area contributed by atoms with Gasteiger partial charge in [-0.25, -0.2) is 4.79 Å². The standard InChI is InChI=1S/C10H9NO2/c1-2-7-5-11-6-9-8(7)3-4-13-10(9)12/h2,5-6H,1,3-4H2. The molecule has 0 aromatic carbocycles. The van der Waals surface area contributed by atoms with E-state index in [1.165, 1.54) is 0 Å². The Bertz CT molecular complexity index is 371. The average molecular weight is 175 g/mol. The molecule has 66 valence electrons. The Hall–Kier alpha value is -1.64. The highest BCUT2D eigenvalue weighted by Gasteiger charge is 2.20. The van der Waals surface area contributed by atoms with Crippen LogP contribution in [0, 0.1) is 0 Å². The third kappa shape index (κ3) is 1.22. The molecule has 0 radical (unpaired) electrons. The molecule has 0 fully saturated rings. The van der Waals surface area contributed by atoms with Crippen LogP contribution in [0.1, 0.15) is 21.5 Å². The summed E-state index contributed by atoms with van der Waals surface area (Å²) in [5.74, 6) is -0.280. The fourth-order valence-corrected chi connectivity index (χ4v) is 1.46. The molecule has 1 aromatic heterocycles. The summed E-state index contributed by atoms with van der Waals surface area (Å²) in [6, 6.07) is 0. The summed E-state index contributed by atoms with van der Waals surface area (Å²) in [6.07, 6.45) is 5.73. The van der Waals surface area contributed by atoms with Gasteiger partial charge in [-0.2, -0.15) is 0 Å². The zero-order valence-corrected chi connectivity index (χ0v) is 7.12. The van der Waals surface area contributed by atoms with Gasteiger partial charge >= 0.3 is 5.97 Å². The van der Waals surface area contributed by atoms with Gasteiger partial charge in [-0.1, -0.05) is 12.7 Å². The quantitative estimate of drug-likeness (QED) is 0.606. The molecular weight excluding hydrogens is 166 g/mol. The van der Waals surface area contributed by atoms with Gasteiger partial charge < -0.3 is 4.74 Å². The number of hydrogen-bond donors (Lipinski definition) is 0. The van der Waals surface area contributed by atoms with Gasteiger partial charge in [0.05, 0.1) is 12.2 Å². The molecule has 0 amide bonds. The summed E-state index contributed by atoms with van der Waals surface area (Å²) in [5.41, 5.74) is 2.50. The van der Waals surface area contributed by atoms with Gasteiger partial charge in [0.1, 0.15) is 0 Å². The number of ether oxygens (including phenoxy) is 1. The van der Waals surface area contributed by atoms with Crippen molar-refractivity contribution in [3.8, 4) is 0 Å². The molecule has 1 aliphatic rings. The largest absolute Gasteiger partial charge is 0.462 e. The molecule has 0 aliphatic carbocycles. The Morgan fingerprint density at radius 3 is 3.15 bits per heavy atom. The number of rotatable bonds is 1. The lowest BCUT2D eigenvalue weighted by Gasteiger charge is -2.16. The first kappa shape index (κ1) is 7.98. The van der Waals surface area contributed by atoms with E-state index < -0.39 is 0 Å². The summed E-state index contributed by atoms with van der Waals surface area (Å²) < 4.78 is 4.89. The number of esters is 1. The van der Waals surface area contributed by atoms with E-state index in [2.05, 4.69) is 11.6 Å². The molecule has 3 heteroatoms. The smallest absolute Gasteiger partial charge is 0.340 e. The van der Waals surface area contributed by atoms with Crippen LogP contribution in [0.15, 0.2) is 19.0 Å². The molecule has 1 aromatic rings. The van der Waals surface area contributed by atoms with Gasteiger partial charge in [0.25, 0.3) is 0 Å². The summed E-state index contributed by atoms with van der Waals surface area (Å²) >= 11 is 0. The minimum Gasteiger partial charge on any atom is -0.462 e. The molecule has 3 nitrogen and oxygen atoms in total. The van der Waals surface area contributed by atoms with Crippen LogP contribution in [0.2, 0.25) is 0 Å². The van der Waals surface area contributed by atoms with Gasteiger partial charge in [0.2, 0.25) is 0 Å². The van der Waals surface area contributed by atoms with Crippen molar-refractivity contribution >= 4 is 12.0 Å². The molecule has 2 heterocycles. The number of cyclic esters (lactones) is 1. The summed E-state index contributed by atoms with van der Waals surface area (Å²) in [4.78, 5) is 15.2. The second kappa shape index (κ2) is 3.01. The number of hydrogen-bond acceptors (Lipinski definition) is 3. The maximum Gasteiger partial charge on any atom is 0.340 e. The topological polar surface area (TPSA) is 39.2 Å². The van der Waals surface area contributed by atoms with Crippen LogP contribution in [0.4, 0.5) is 0 Å².